The van der Waals surface area contributed by atoms with Gasteiger partial charge >= 0.3 is 21.7 Å². The zero-order chi connectivity index (χ0) is 23.4. The fraction of sp³-hybridized carbons (Fsp3) is 0.625. The molecular weight excluding hydrogens is 432 g/mol. The molecule has 4 N–H and O–H groups in total. The SMILES string of the molecule is C=CCCCCCC.O=C([O-])CO.O=C([O-])CO.O=C([O-])CO.O=C([O-])CO.[Ti+4]. The molecule has 168 valence electrons. The van der Waals surface area contributed by atoms with E-state index in [0.29, 0.717) is 0 Å². The van der Waals surface area contributed by atoms with E-state index in [-0.39, 0.29) is 21.7 Å². The molecule has 0 aliphatic carbocycles. The number of carbonyl (C=O) groups is 4. The Kier molecular flexibility index (Phi) is 58.4. The fourth-order valence-corrected chi connectivity index (χ4v) is 0.715. The van der Waals surface area contributed by atoms with Gasteiger partial charge in [0.25, 0.3) is 0 Å². The van der Waals surface area contributed by atoms with Gasteiger partial charge in [0.15, 0.2) is 0 Å². The minimum atomic E-state index is -1.44. The first-order valence-corrected chi connectivity index (χ1v) is 7.84. The van der Waals surface area contributed by atoms with E-state index in [4.69, 9.17) is 60.0 Å². The van der Waals surface area contributed by atoms with Crippen LogP contribution in [0.25, 0.3) is 0 Å². The Hall–Kier alpha value is -1.83. The van der Waals surface area contributed by atoms with Crippen LogP contribution in [0.3, 0.4) is 0 Å². The van der Waals surface area contributed by atoms with Crippen molar-refractivity contribution in [2.24, 2.45) is 0 Å². The molecular formula is C16H28O12Ti. The first kappa shape index (κ1) is 41.5. The van der Waals surface area contributed by atoms with E-state index in [9.17, 15) is 0 Å². The summed E-state index contributed by atoms with van der Waals surface area (Å²) in [6.07, 6.45) is 8.61. The smallest absolute Gasteiger partial charge is 0.548 e. The van der Waals surface area contributed by atoms with Crippen molar-refractivity contribution in [2.75, 3.05) is 26.4 Å². The van der Waals surface area contributed by atoms with E-state index >= 15 is 0 Å². The first-order valence-electron chi connectivity index (χ1n) is 7.84. The number of carbonyl (C=O) groups excluding carboxylic acids is 4. The molecule has 0 saturated heterocycles. The van der Waals surface area contributed by atoms with Crippen molar-refractivity contribution in [3.8, 4) is 0 Å². The van der Waals surface area contributed by atoms with E-state index in [1.165, 1.54) is 32.1 Å². The van der Waals surface area contributed by atoms with Crippen molar-refractivity contribution in [3.63, 3.8) is 0 Å². The van der Waals surface area contributed by atoms with E-state index in [1.807, 2.05) is 6.08 Å². The van der Waals surface area contributed by atoms with Crippen LogP contribution in [-0.2, 0) is 40.9 Å². The van der Waals surface area contributed by atoms with Crippen molar-refractivity contribution in [1.82, 2.24) is 0 Å². The van der Waals surface area contributed by atoms with Crippen molar-refractivity contribution >= 4 is 23.9 Å². The zero-order valence-corrected chi connectivity index (χ0v) is 17.8. The van der Waals surface area contributed by atoms with Gasteiger partial charge in [-0.2, -0.15) is 0 Å². The fourth-order valence-electron chi connectivity index (χ4n) is 0.715. The normalized spacial score (nSPS) is 7.62. The topological polar surface area (TPSA) is 241 Å². The molecule has 0 aromatic heterocycles. The third kappa shape index (κ3) is 123. The maximum atomic E-state index is 9.01. The molecule has 0 amide bonds. The van der Waals surface area contributed by atoms with Crippen LogP contribution in [0, 0.1) is 0 Å². The number of aliphatic hydroxyl groups is 4. The number of aliphatic carboxylic acids is 4. The molecule has 0 rings (SSSR count). The Morgan fingerprint density at radius 2 is 0.931 bits per heavy atom. The molecule has 12 nitrogen and oxygen atoms in total. The van der Waals surface area contributed by atoms with Gasteiger partial charge in [-0.05, 0) is 12.8 Å². The van der Waals surface area contributed by atoms with Gasteiger partial charge in [-0.15, -0.1) is 6.58 Å². The second kappa shape index (κ2) is 40.8. The van der Waals surface area contributed by atoms with Gasteiger partial charge in [-0.1, -0.05) is 32.3 Å². The van der Waals surface area contributed by atoms with Gasteiger partial charge < -0.3 is 60.0 Å². The summed E-state index contributed by atoms with van der Waals surface area (Å²) in [6, 6.07) is 0. The average Bonchev–Trinajstić information content (AvgIpc) is 2.67. The van der Waals surface area contributed by atoms with Gasteiger partial charge in [0, 0.05) is 0 Å². The molecule has 29 heavy (non-hydrogen) atoms. The van der Waals surface area contributed by atoms with Gasteiger partial charge in [0.05, 0.1) is 50.3 Å². The molecule has 0 fully saturated rings. The number of carboxylic acids is 4. The van der Waals surface area contributed by atoms with E-state index in [1.54, 1.807) is 0 Å². The minimum absolute atomic E-state index is 0. The van der Waals surface area contributed by atoms with Crippen LogP contribution in [0.5, 0.6) is 0 Å². The molecule has 0 aromatic rings. The molecule has 0 bridgehead atoms. The number of carboxylic acid groups (broad SMARTS) is 4. The second-order valence-corrected chi connectivity index (χ2v) is 4.26. The van der Waals surface area contributed by atoms with Gasteiger partial charge in [0.1, 0.15) is 0 Å². The van der Waals surface area contributed by atoms with Crippen LogP contribution >= 0.6 is 0 Å². The molecule has 13 heteroatoms. The summed E-state index contributed by atoms with van der Waals surface area (Å²) >= 11 is 0. The minimum Gasteiger partial charge on any atom is -0.548 e. The van der Waals surface area contributed by atoms with Crippen LogP contribution < -0.4 is 20.4 Å². The number of allylic oxidation sites excluding steroid dienone is 1. The summed E-state index contributed by atoms with van der Waals surface area (Å²) in [7, 11) is 0. The summed E-state index contributed by atoms with van der Waals surface area (Å²) in [5, 5.41) is 66.0. The first-order chi connectivity index (χ1) is 13.0. The number of hydrogen-bond acceptors (Lipinski definition) is 12. The zero-order valence-electron chi connectivity index (χ0n) is 16.2. The Labute approximate surface area is 184 Å². The third-order valence-corrected chi connectivity index (χ3v) is 1.78. The van der Waals surface area contributed by atoms with Crippen LogP contribution in [0.4, 0.5) is 0 Å². The number of unbranched alkanes of at least 4 members (excludes halogenated alkanes) is 4. The van der Waals surface area contributed by atoms with Crippen molar-refractivity contribution in [2.45, 2.75) is 39.0 Å². The Morgan fingerprint density at radius 1 is 0.690 bits per heavy atom. The van der Waals surface area contributed by atoms with Crippen molar-refractivity contribution in [1.29, 1.82) is 0 Å². The van der Waals surface area contributed by atoms with E-state index in [0.717, 1.165) is 0 Å². The molecule has 0 heterocycles. The monoisotopic (exact) mass is 460 g/mol. The summed E-state index contributed by atoms with van der Waals surface area (Å²) in [4.78, 5) is 36.0. The van der Waals surface area contributed by atoms with Crippen molar-refractivity contribution in [3.05, 3.63) is 12.7 Å². The molecule has 0 unspecified atom stereocenters. The van der Waals surface area contributed by atoms with Gasteiger partial charge in [0.2, 0.25) is 0 Å². The Balaban J connectivity index is -0.0000000575. The predicted octanol–water partition coefficient (Wildman–Crippen LogP) is -5.95. The summed E-state index contributed by atoms with van der Waals surface area (Å²) < 4.78 is 0. The quantitative estimate of drug-likeness (QED) is 0.143. The molecule has 0 aromatic carbocycles. The van der Waals surface area contributed by atoms with Crippen LogP contribution in [0.15, 0.2) is 12.7 Å². The maximum absolute atomic E-state index is 9.01. The summed E-state index contributed by atoms with van der Waals surface area (Å²) in [5.74, 6) is -5.76. The van der Waals surface area contributed by atoms with Gasteiger partial charge in [-0.25, -0.2) is 0 Å². The van der Waals surface area contributed by atoms with Crippen LogP contribution in [-0.4, -0.2) is 70.7 Å². The third-order valence-electron chi connectivity index (χ3n) is 1.78. The molecule has 0 spiro atoms. The van der Waals surface area contributed by atoms with Crippen LogP contribution in [0.1, 0.15) is 39.0 Å². The van der Waals surface area contributed by atoms with E-state index in [2.05, 4.69) is 13.5 Å². The molecule has 0 aliphatic rings. The standard InChI is InChI=1S/C8H16.4C2H4O3.Ti/c1-3-5-7-8-6-4-2;4*3-1-2(4)5;/h3H,1,4-8H2,2H3;4*3H,1H2,(H,4,5);/q;;;;;+4/p-4. The molecule has 0 radical (unpaired) electrons. The van der Waals surface area contributed by atoms with E-state index < -0.39 is 50.3 Å². The summed E-state index contributed by atoms with van der Waals surface area (Å²) in [5.41, 5.74) is 0. The van der Waals surface area contributed by atoms with Crippen LogP contribution in [0.2, 0.25) is 0 Å². The molecule has 0 atom stereocenters. The maximum Gasteiger partial charge on any atom is 4.00 e. The number of hydrogen-bond donors (Lipinski definition) is 4. The number of aliphatic hydroxyl groups excluding tert-OH is 4. The average molecular weight is 460 g/mol. The molecule has 0 aliphatic heterocycles. The number of rotatable bonds is 9. The Bertz CT molecular complexity index is 332. The predicted molar refractivity (Wildman–Crippen MR) is 87.3 cm³/mol. The Morgan fingerprint density at radius 3 is 1.07 bits per heavy atom. The van der Waals surface area contributed by atoms with Crippen molar-refractivity contribution < 1.29 is 81.7 Å². The second-order valence-electron chi connectivity index (χ2n) is 4.26. The summed E-state index contributed by atoms with van der Waals surface area (Å²) in [6.45, 7) is 2.33. The molecule has 0 saturated carbocycles. The largest absolute Gasteiger partial charge is 4.00 e. The van der Waals surface area contributed by atoms with Gasteiger partial charge in [-0.3, -0.25) is 0 Å².